The molecule has 0 heterocycles. The first-order valence-electron chi connectivity index (χ1n) is 11.6. The summed E-state index contributed by atoms with van der Waals surface area (Å²) in [5.41, 5.74) is 8.94. The van der Waals surface area contributed by atoms with Crippen LogP contribution in [0, 0.1) is 27.7 Å². The van der Waals surface area contributed by atoms with Crippen LogP contribution in [-0.4, -0.2) is 19.5 Å². The normalized spacial score (nSPS) is 9.84. The largest absolute Gasteiger partial charge is 0.0778 e. The van der Waals surface area contributed by atoms with Gasteiger partial charge >= 0.3 is 0 Å². The predicted molar refractivity (Wildman–Crippen MR) is 172 cm³/mol. The van der Waals surface area contributed by atoms with Crippen LogP contribution < -0.4 is 0 Å². The van der Waals surface area contributed by atoms with Crippen LogP contribution in [0.25, 0.3) is 0 Å². The molecule has 0 aromatic heterocycles. The van der Waals surface area contributed by atoms with Crippen LogP contribution in [0.5, 0.6) is 0 Å². The molecule has 0 atom stereocenters. The van der Waals surface area contributed by atoms with Crippen LogP contribution in [0.3, 0.4) is 0 Å². The molecule has 4 rings (SSSR count). The quantitative estimate of drug-likeness (QED) is 0.123. The Balaban J connectivity index is 0.000000253. The van der Waals surface area contributed by atoms with Crippen LogP contribution >= 0.6 is 48.9 Å². The molecule has 4 aromatic rings. The van der Waals surface area contributed by atoms with E-state index in [0.717, 1.165) is 41.7 Å². The van der Waals surface area contributed by atoms with Crippen LogP contribution in [0.15, 0.2) is 97.1 Å². The molecule has 0 aliphatic rings. The average molecular weight is 600 g/mol. The maximum Gasteiger partial charge on any atom is 0.0636 e. The van der Waals surface area contributed by atoms with E-state index in [4.69, 9.17) is 48.9 Å². The minimum atomic E-state index is 0. The molecule has 0 amide bonds. The molecule has 0 radical (unpaired) electrons. The summed E-state index contributed by atoms with van der Waals surface area (Å²) in [5.74, 6) is 0. The fourth-order valence-electron chi connectivity index (χ4n) is 3.91. The van der Waals surface area contributed by atoms with Crippen LogP contribution in [-0.2, 0) is 16.5 Å². The van der Waals surface area contributed by atoms with Gasteiger partial charge in [-0.05, 0) is 49.9 Å². The Labute approximate surface area is 252 Å². The molecule has 5 heteroatoms. The van der Waals surface area contributed by atoms with Crippen molar-refractivity contribution in [2.45, 2.75) is 27.7 Å². The number of hydrogen-bond acceptors (Lipinski definition) is 4. The van der Waals surface area contributed by atoms with Gasteiger partial charge in [-0.2, -0.15) is 0 Å². The van der Waals surface area contributed by atoms with Crippen molar-refractivity contribution in [3.8, 4) is 0 Å². The molecule has 0 N–H and O–H groups in total. The third-order valence-electron chi connectivity index (χ3n) is 5.45. The zero-order valence-corrected chi connectivity index (χ0v) is 25.4. The van der Waals surface area contributed by atoms with E-state index in [9.17, 15) is 0 Å². The van der Waals surface area contributed by atoms with Gasteiger partial charge in [0, 0.05) is 16.5 Å². The number of aryl methyl sites for hydroxylation is 4. The molecule has 0 fully saturated rings. The summed E-state index contributed by atoms with van der Waals surface area (Å²) >= 11 is 21.9. The van der Waals surface area contributed by atoms with Gasteiger partial charge < -0.3 is 0 Å². The van der Waals surface area contributed by atoms with Crippen LogP contribution in [0.1, 0.15) is 44.5 Å². The Morgan fingerprint density at radius 1 is 0.378 bits per heavy atom. The molecule has 0 bridgehead atoms. The molecule has 37 heavy (non-hydrogen) atoms. The van der Waals surface area contributed by atoms with E-state index in [0.29, 0.717) is 0 Å². The number of rotatable bonds is 6. The number of benzene rings is 4. The van der Waals surface area contributed by atoms with E-state index in [1.807, 2.05) is 60.7 Å². The van der Waals surface area contributed by atoms with Gasteiger partial charge in [0.2, 0.25) is 0 Å². The maximum absolute atomic E-state index is 5.50. The molecule has 4 aromatic carbocycles. The molecule has 0 aliphatic heterocycles. The fraction of sp³-hybridized carbons (Fsp3) is 0.125. The Hall–Kier alpha value is -2.27. The van der Waals surface area contributed by atoms with Crippen molar-refractivity contribution in [2.24, 2.45) is 0 Å². The van der Waals surface area contributed by atoms with Gasteiger partial charge in [-0.25, -0.2) is 0 Å². The van der Waals surface area contributed by atoms with E-state index in [-0.39, 0.29) is 16.5 Å². The second kappa shape index (κ2) is 14.6. The van der Waals surface area contributed by atoms with Gasteiger partial charge in [0.1, 0.15) is 0 Å². The van der Waals surface area contributed by atoms with Gasteiger partial charge in [-0.15, -0.1) is 0 Å². The van der Waals surface area contributed by atoms with E-state index in [1.54, 1.807) is 0 Å². The first-order chi connectivity index (χ1) is 17.2. The predicted octanol–water partition coefficient (Wildman–Crippen LogP) is 8.88. The summed E-state index contributed by atoms with van der Waals surface area (Å²) in [6.45, 7) is 8.30. The van der Waals surface area contributed by atoms with Crippen molar-refractivity contribution < 1.29 is 16.5 Å². The second-order valence-corrected chi connectivity index (χ2v) is 10.4. The zero-order valence-electron chi connectivity index (χ0n) is 21.2. The summed E-state index contributed by atoms with van der Waals surface area (Å²) in [6, 6.07) is 32.5. The monoisotopic (exact) mass is 598 g/mol. The van der Waals surface area contributed by atoms with Crippen molar-refractivity contribution in [3.05, 3.63) is 142 Å². The summed E-state index contributed by atoms with van der Waals surface area (Å²) in [4.78, 5) is 3.00. The van der Waals surface area contributed by atoms with E-state index < -0.39 is 0 Å². The number of thiocarbonyl (C=S) groups is 4. The number of hydrogen-bond donors (Lipinski definition) is 0. The van der Waals surface area contributed by atoms with Crippen molar-refractivity contribution in [1.29, 1.82) is 0 Å². The molecular weight excluding hydrogens is 571 g/mol. The van der Waals surface area contributed by atoms with Gasteiger partial charge in [0.15, 0.2) is 0 Å². The standard InChI is InChI=1S/2C16H14S2.Ni/c2*1-11-8-12(2)10-14(9-11)16(18)15(17)13-6-4-3-5-7-13;/h2*3-10H,1-2H3;. The molecule has 0 spiro atoms. The van der Waals surface area contributed by atoms with E-state index in [2.05, 4.69) is 64.1 Å². The molecular formula is C32H28NiS4. The van der Waals surface area contributed by atoms with Crippen molar-refractivity contribution >= 4 is 68.3 Å². The topological polar surface area (TPSA) is 0 Å². The molecule has 0 nitrogen and oxygen atoms in total. The SMILES string of the molecule is Cc1cc(C)cc(C(=S)C(=S)c2ccccc2)c1.Cc1cc(C)cc(C(=S)C(=S)c2ccccc2)c1.[Ni]. The third-order valence-corrected chi connectivity index (χ3v) is 7.47. The molecule has 0 saturated carbocycles. The minimum absolute atomic E-state index is 0. The Morgan fingerprint density at radius 3 is 0.892 bits per heavy atom. The fourth-order valence-corrected chi connectivity index (χ4v) is 4.89. The Morgan fingerprint density at radius 2 is 0.622 bits per heavy atom. The summed E-state index contributed by atoms with van der Waals surface area (Å²) < 4.78 is 0. The summed E-state index contributed by atoms with van der Waals surface area (Å²) in [5, 5.41) is 0. The summed E-state index contributed by atoms with van der Waals surface area (Å²) in [7, 11) is 0. The third kappa shape index (κ3) is 8.91. The maximum atomic E-state index is 5.50. The Bertz CT molecular complexity index is 1270. The van der Waals surface area contributed by atoms with Gasteiger partial charge in [0.05, 0.1) is 19.5 Å². The van der Waals surface area contributed by atoms with Crippen molar-refractivity contribution in [1.82, 2.24) is 0 Å². The smallest absolute Gasteiger partial charge is 0.0636 e. The van der Waals surface area contributed by atoms with Gasteiger partial charge in [-0.3, -0.25) is 0 Å². The Kier molecular flexibility index (Phi) is 12.2. The van der Waals surface area contributed by atoms with Gasteiger partial charge in [0.25, 0.3) is 0 Å². The average Bonchev–Trinajstić information content (AvgIpc) is 2.87. The van der Waals surface area contributed by atoms with E-state index in [1.165, 1.54) is 22.3 Å². The first kappa shape index (κ1) is 31.0. The van der Waals surface area contributed by atoms with Crippen molar-refractivity contribution in [3.63, 3.8) is 0 Å². The zero-order chi connectivity index (χ0) is 26.2. The van der Waals surface area contributed by atoms with Gasteiger partial charge in [-0.1, -0.05) is 168 Å². The minimum Gasteiger partial charge on any atom is -0.0778 e. The van der Waals surface area contributed by atoms with E-state index >= 15 is 0 Å². The molecule has 0 unspecified atom stereocenters. The molecule has 0 aliphatic carbocycles. The summed E-state index contributed by atoms with van der Waals surface area (Å²) in [6.07, 6.45) is 0. The molecule has 0 saturated heterocycles. The van der Waals surface area contributed by atoms with Crippen LogP contribution in [0.2, 0.25) is 0 Å². The molecule has 190 valence electrons. The first-order valence-corrected chi connectivity index (χ1v) is 13.2. The van der Waals surface area contributed by atoms with Crippen LogP contribution in [0.4, 0.5) is 0 Å². The van der Waals surface area contributed by atoms with Crippen molar-refractivity contribution in [2.75, 3.05) is 0 Å². The second-order valence-electron chi connectivity index (χ2n) is 8.80.